The Bertz CT molecular complexity index is 502. The molecule has 0 atom stereocenters. The van der Waals surface area contributed by atoms with Crippen molar-refractivity contribution in [2.75, 3.05) is 30.3 Å². The Morgan fingerprint density at radius 3 is 2.65 bits per heavy atom. The van der Waals surface area contributed by atoms with Crippen LogP contribution >= 0.6 is 0 Å². The summed E-state index contributed by atoms with van der Waals surface area (Å²) < 4.78 is 0. The summed E-state index contributed by atoms with van der Waals surface area (Å²) in [5.41, 5.74) is 7.66. The van der Waals surface area contributed by atoms with Crippen molar-refractivity contribution in [3.05, 3.63) is 23.8 Å². The van der Waals surface area contributed by atoms with E-state index in [-0.39, 0.29) is 11.8 Å². The molecule has 1 aromatic rings. The Balaban J connectivity index is 1.82. The zero-order valence-electron chi connectivity index (χ0n) is 11.4. The largest absolute Gasteiger partial charge is 0.382 e. The molecule has 0 fully saturated rings. The second-order valence-electron chi connectivity index (χ2n) is 4.79. The van der Waals surface area contributed by atoms with Gasteiger partial charge in [0.25, 0.3) is 5.91 Å². The summed E-state index contributed by atoms with van der Waals surface area (Å²) in [6.45, 7) is 2.29. The number of anilines is 2. The van der Waals surface area contributed by atoms with Gasteiger partial charge >= 0.3 is 0 Å². The van der Waals surface area contributed by atoms with Crippen LogP contribution in [0.3, 0.4) is 0 Å². The summed E-state index contributed by atoms with van der Waals surface area (Å²) in [6.07, 6.45) is 1.81. The van der Waals surface area contributed by atoms with Gasteiger partial charge in [0.1, 0.15) is 0 Å². The third kappa shape index (κ3) is 3.88. The van der Waals surface area contributed by atoms with Gasteiger partial charge < -0.3 is 21.7 Å². The van der Waals surface area contributed by atoms with E-state index in [2.05, 4.69) is 16.0 Å². The van der Waals surface area contributed by atoms with Crippen molar-refractivity contribution in [1.82, 2.24) is 5.32 Å². The van der Waals surface area contributed by atoms with Crippen LogP contribution in [0.2, 0.25) is 0 Å². The molecule has 2 rings (SSSR count). The molecule has 0 saturated heterocycles. The maximum atomic E-state index is 12.0. The zero-order valence-corrected chi connectivity index (χ0v) is 11.4. The Labute approximate surface area is 118 Å². The molecule has 1 aromatic carbocycles. The average Bonchev–Trinajstić information content (AvgIpc) is 2.46. The fraction of sp³-hybridized carbons (Fsp3) is 0.429. The van der Waals surface area contributed by atoms with Crippen molar-refractivity contribution < 1.29 is 9.59 Å². The van der Waals surface area contributed by atoms with E-state index in [1.807, 2.05) is 12.1 Å². The number of hydrogen-bond acceptors (Lipinski definition) is 4. The fourth-order valence-electron chi connectivity index (χ4n) is 2.11. The highest BCUT2D eigenvalue weighted by Crippen LogP contribution is 2.25. The van der Waals surface area contributed by atoms with Gasteiger partial charge in [0.2, 0.25) is 5.91 Å². The van der Waals surface area contributed by atoms with Crippen LogP contribution in [-0.2, 0) is 4.79 Å². The van der Waals surface area contributed by atoms with E-state index in [1.54, 1.807) is 6.07 Å². The van der Waals surface area contributed by atoms with E-state index in [0.717, 1.165) is 30.9 Å². The average molecular weight is 276 g/mol. The molecule has 108 valence electrons. The van der Waals surface area contributed by atoms with Gasteiger partial charge in [0.15, 0.2) is 0 Å². The molecule has 6 nitrogen and oxygen atoms in total. The molecule has 0 radical (unpaired) electrons. The lowest BCUT2D eigenvalue weighted by molar-refractivity contribution is -0.118. The third-order valence-electron chi connectivity index (χ3n) is 3.17. The first-order chi connectivity index (χ1) is 9.66. The highest BCUT2D eigenvalue weighted by Gasteiger charge is 2.11. The minimum atomic E-state index is -0.301. The van der Waals surface area contributed by atoms with E-state index in [0.29, 0.717) is 24.9 Å². The van der Waals surface area contributed by atoms with Crippen LogP contribution in [0.4, 0.5) is 11.4 Å². The van der Waals surface area contributed by atoms with Crippen LogP contribution in [-0.4, -0.2) is 31.4 Å². The third-order valence-corrected chi connectivity index (χ3v) is 3.17. The lowest BCUT2D eigenvalue weighted by Crippen LogP contribution is -2.26. The van der Waals surface area contributed by atoms with Gasteiger partial charge in [0.05, 0.1) is 11.4 Å². The molecule has 0 aliphatic carbocycles. The predicted molar refractivity (Wildman–Crippen MR) is 78.8 cm³/mol. The van der Waals surface area contributed by atoms with Gasteiger partial charge in [-0.2, -0.15) is 0 Å². The minimum Gasteiger partial charge on any atom is -0.382 e. The summed E-state index contributed by atoms with van der Waals surface area (Å²) in [6, 6.07) is 5.56. The first-order valence-corrected chi connectivity index (χ1v) is 6.85. The first kappa shape index (κ1) is 14.2. The number of rotatable bonds is 6. The van der Waals surface area contributed by atoms with Crippen LogP contribution in [0.15, 0.2) is 18.2 Å². The van der Waals surface area contributed by atoms with Crippen molar-refractivity contribution in [1.29, 1.82) is 0 Å². The number of amides is 2. The number of carbonyl (C=O) groups is 2. The Morgan fingerprint density at radius 2 is 1.90 bits per heavy atom. The van der Waals surface area contributed by atoms with Crippen LogP contribution < -0.4 is 21.7 Å². The van der Waals surface area contributed by atoms with Crippen LogP contribution in [0.25, 0.3) is 0 Å². The molecule has 0 aromatic heterocycles. The maximum Gasteiger partial charge on any atom is 0.251 e. The summed E-state index contributed by atoms with van der Waals surface area (Å²) in [5.74, 6) is -0.399. The number of hydrogen-bond donors (Lipinski definition) is 4. The minimum absolute atomic E-state index is 0.0979. The Morgan fingerprint density at radius 1 is 1.15 bits per heavy atom. The highest BCUT2D eigenvalue weighted by molar-refractivity contribution is 5.96. The maximum absolute atomic E-state index is 12.0. The summed E-state index contributed by atoms with van der Waals surface area (Å²) in [5, 5.41) is 9.35. The van der Waals surface area contributed by atoms with E-state index in [1.165, 1.54) is 0 Å². The Hall–Kier alpha value is -2.24. The van der Waals surface area contributed by atoms with E-state index < -0.39 is 0 Å². The van der Waals surface area contributed by atoms with Crippen LogP contribution in [0.5, 0.6) is 0 Å². The van der Waals surface area contributed by atoms with Crippen molar-refractivity contribution in [2.24, 2.45) is 5.73 Å². The molecular formula is C14H20N4O2. The van der Waals surface area contributed by atoms with E-state index >= 15 is 0 Å². The second-order valence-corrected chi connectivity index (χ2v) is 4.79. The number of carbonyl (C=O) groups excluding carboxylic acids is 2. The molecule has 1 aliphatic heterocycles. The topological polar surface area (TPSA) is 96.2 Å². The lowest BCUT2D eigenvalue weighted by Gasteiger charge is -2.20. The Kier molecular flexibility index (Phi) is 4.81. The first-order valence-electron chi connectivity index (χ1n) is 6.85. The monoisotopic (exact) mass is 276 g/mol. The van der Waals surface area contributed by atoms with Crippen LogP contribution in [0, 0.1) is 0 Å². The number of fused-ring (bicyclic) bond motifs is 1. The second kappa shape index (κ2) is 6.79. The number of primary amides is 1. The van der Waals surface area contributed by atoms with Crippen molar-refractivity contribution >= 4 is 23.2 Å². The zero-order chi connectivity index (χ0) is 14.4. The normalized spacial score (nSPS) is 12.8. The van der Waals surface area contributed by atoms with Gasteiger partial charge in [0, 0.05) is 31.6 Å². The molecular weight excluding hydrogens is 256 g/mol. The van der Waals surface area contributed by atoms with Gasteiger partial charge in [-0.3, -0.25) is 9.59 Å². The van der Waals surface area contributed by atoms with E-state index in [9.17, 15) is 9.59 Å². The van der Waals surface area contributed by atoms with Crippen LogP contribution in [0.1, 0.15) is 29.6 Å². The number of nitrogens with one attached hydrogen (secondary N) is 3. The predicted octanol–water partition coefficient (Wildman–Crippen LogP) is 0.909. The lowest BCUT2D eigenvalue weighted by atomic mass is 10.1. The highest BCUT2D eigenvalue weighted by atomic mass is 16.2. The van der Waals surface area contributed by atoms with Crippen molar-refractivity contribution in [2.45, 2.75) is 19.3 Å². The smallest absolute Gasteiger partial charge is 0.251 e. The fourth-order valence-corrected chi connectivity index (χ4v) is 2.11. The molecule has 0 spiro atoms. The number of unbranched alkanes of at least 4 members (excludes halogenated alkanes) is 1. The molecule has 5 N–H and O–H groups in total. The quantitative estimate of drug-likeness (QED) is 0.581. The summed E-state index contributed by atoms with van der Waals surface area (Å²) in [7, 11) is 0. The molecule has 20 heavy (non-hydrogen) atoms. The van der Waals surface area contributed by atoms with Gasteiger partial charge in [-0.15, -0.1) is 0 Å². The van der Waals surface area contributed by atoms with Gasteiger partial charge in [-0.25, -0.2) is 0 Å². The number of benzene rings is 1. The van der Waals surface area contributed by atoms with Crippen molar-refractivity contribution in [3.8, 4) is 0 Å². The van der Waals surface area contributed by atoms with E-state index in [4.69, 9.17) is 5.73 Å². The standard InChI is InChI=1S/C14H20N4O2/c15-13(19)3-1-2-6-18-14(20)10-4-5-11-12(9-10)17-8-7-16-11/h4-5,9,16-17H,1-3,6-8H2,(H2,15,19)(H,18,20). The van der Waals surface area contributed by atoms with Gasteiger partial charge in [-0.05, 0) is 31.0 Å². The molecule has 1 heterocycles. The molecule has 0 unspecified atom stereocenters. The summed E-state index contributed by atoms with van der Waals surface area (Å²) >= 11 is 0. The molecule has 6 heteroatoms. The van der Waals surface area contributed by atoms with Crippen molar-refractivity contribution in [3.63, 3.8) is 0 Å². The summed E-state index contributed by atoms with van der Waals surface area (Å²) in [4.78, 5) is 22.6. The molecule has 0 saturated carbocycles. The number of nitrogens with two attached hydrogens (primary N) is 1. The molecule has 1 aliphatic rings. The van der Waals surface area contributed by atoms with Gasteiger partial charge in [-0.1, -0.05) is 0 Å². The SMILES string of the molecule is NC(=O)CCCCNC(=O)c1ccc2c(c1)NCCN2. The molecule has 0 bridgehead atoms. The molecule has 2 amide bonds.